The number of ether oxygens (including phenoxy) is 2. The Labute approximate surface area is 172 Å². The molecule has 0 amide bonds. The van der Waals surface area contributed by atoms with Crippen molar-refractivity contribution in [3.63, 3.8) is 0 Å². The summed E-state index contributed by atoms with van der Waals surface area (Å²) >= 11 is 0. The van der Waals surface area contributed by atoms with Gasteiger partial charge in [-0.15, -0.1) is 0 Å². The maximum atomic E-state index is 5.83. The van der Waals surface area contributed by atoms with E-state index in [1.54, 1.807) is 0 Å². The number of likely N-dealkylation sites (tertiary alicyclic amines) is 1. The van der Waals surface area contributed by atoms with E-state index in [0.29, 0.717) is 5.92 Å². The van der Waals surface area contributed by atoms with E-state index in [1.807, 2.05) is 0 Å². The fourth-order valence-electron chi connectivity index (χ4n) is 4.35. The Kier molecular flexibility index (Phi) is 11.9. The third kappa shape index (κ3) is 10.1. The highest BCUT2D eigenvalue weighted by atomic mass is 16.5. The van der Waals surface area contributed by atoms with Crippen LogP contribution in [0.4, 0.5) is 0 Å². The first kappa shape index (κ1) is 23.4. The molecule has 6 heteroatoms. The summed E-state index contributed by atoms with van der Waals surface area (Å²) in [5.41, 5.74) is 0. The Balaban J connectivity index is 1.53. The van der Waals surface area contributed by atoms with E-state index in [1.165, 1.54) is 26.1 Å². The predicted octanol–water partition coefficient (Wildman–Crippen LogP) is 2.74. The molecule has 6 nitrogen and oxygen atoms in total. The molecule has 2 N–H and O–H groups in total. The fourth-order valence-corrected chi connectivity index (χ4v) is 4.35. The molecule has 28 heavy (non-hydrogen) atoms. The van der Waals surface area contributed by atoms with Gasteiger partial charge in [0, 0.05) is 59.2 Å². The minimum atomic E-state index is 0.683. The van der Waals surface area contributed by atoms with Crippen LogP contribution in [0.15, 0.2) is 4.99 Å². The van der Waals surface area contributed by atoms with Gasteiger partial charge < -0.3 is 25.0 Å². The van der Waals surface area contributed by atoms with Crippen molar-refractivity contribution in [3.8, 4) is 0 Å². The molecule has 0 aromatic carbocycles. The number of hydrogen-bond acceptors (Lipinski definition) is 4. The molecule has 2 atom stereocenters. The van der Waals surface area contributed by atoms with Gasteiger partial charge in [0.1, 0.15) is 0 Å². The quantitative estimate of drug-likeness (QED) is 0.319. The molecule has 2 unspecified atom stereocenters. The molecule has 2 aliphatic heterocycles. The second-order valence-electron chi connectivity index (χ2n) is 8.73. The van der Waals surface area contributed by atoms with Crippen molar-refractivity contribution < 1.29 is 9.47 Å². The van der Waals surface area contributed by atoms with Gasteiger partial charge in [0.15, 0.2) is 5.96 Å². The lowest BCUT2D eigenvalue weighted by atomic mass is 9.92. The van der Waals surface area contributed by atoms with Crippen LogP contribution in [-0.2, 0) is 9.47 Å². The standard InChI is InChI=1S/C22H44N4O2/c1-4-23-22(24-9-5-11-26-16-19(2)15-20(3)17-26)25-10-6-12-28-18-21-7-13-27-14-8-21/h19-21H,4-18H2,1-3H3,(H2,23,24,25). The molecule has 0 aliphatic carbocycles. The summed E-state index contributed by atoms with van der Waals surface area (Å²) in [6.07, 6.45) is 5.80. The minimum absolute atomic E-state index is 0.683. The average molecular weight is 397 g/mol. The van der Waals surface area contributed by atoms with Gasteiger partial charge in [-0.25, -0.2) is 0 Å². The van der Waals surface area contributed by atoms with E-state index in [4.69, 9.17) is 9.47 Å². The molecule has 2 aliphatic rings. The van der Waals surface area contributed by atoms with Gasteiger partial charge in [-0.1, -0.05) is 13.8 Å². The van der Waals surface area contributed by atoms with Crippen molar-refractivity contribution in [3.05, 3.63) is 0 Å². The molecule has 2 rings (SSSR count). The first-order chi connectivity index (χ1) is 13.7. The summed E-state index contributed by atoms with van der Waals surface area (Å²) in [6, 6.07) is 0. The number of guanidine groups is 1. The molecule has 164 valence electrons. The molecule has 0 radical (unpaired) electrons. The van der Waals surface area contributed by atoms with Gasteiger partial charge in [-0.2, -0.15) is 0 Å². The summed E-state index contributed by atoms with van der Waals surface area (Å²) in [5, 5.41) is 6.83. The zero-order chi connectivity index (χ0) is 20.0. The molecule has 2 saturated heterocycles. The summed E-state index contributed by atoms with van der Waals surface area (Å²) in [4.78, 5) is 7.31. The molecule has 0 saturated carbocycles. The molecule has 0 spiro atoms. The van der Waals surface area contributed by atoms with Crippen LogP contribution in [0.2, 0.25) is 0 Å². The highest BCUT2D eigenvalue weighted by Crippen LogP contribution is 2.20. The Morgan fingerprint density at radius 3 is 2.57 bits per heavy atom. The van der Waals surface area contributed by atoms with Crippen LogP contribution in [0.25, 0.3) is 0 Å². The van der Waals surface area contributed by atoms with Crippen LogP contribution in [0.3, 0.4) is 0 Å². The van der Waals surface area contributed by atoms with Crippen molar-refractivity contribution in [2.45, 2.75) is 52.9 Å². The molecule has 0 aromatic rings. The predicted molar refractivity (Wildman–Crippen MR) is 117 cm³/mol. The second-order valence-corrected chi connectivity index (χ2v) is 8.73. The lowest BCUT2D eigenvalue weighted by molar-refractivity contribution is 0.0205. The minimum Gasteiger partial charge on any atom is -0.381 e. The lowest BCUT2D eigenvalue weighted by Gasteiger charge is -2.35. The topological polar surface area (TPSA) is 58.1 Å². The SMILES string of the molecule is CCNC(=NCCCOCC1CCOCC1)NCCCN1CC(C)CC(C)C1. The fraction of sp³-hybridized carbons (Fsp3) is 0.955. The summed E-state index contributed by atoms with van der Waals surface area (Å²) < 4.78 is 11.2. The first-order valence-corrected chi connectivity index (χ1v) is 11.6. The average Bonchev–Trinajstić information content (AvgIpc) is 2.68. The molecular weight excluding hydrogens is 352 g/mol. The van der Waals surface area contributed by atoms with Crippen LogP contribution in [0.1, 0.15) is 52.9 Å². The van der Waals surface area contributed by atoms with Gasteiger partial charge >= 0.3 is 0 Å². The van der Waals surface area contributed by atoms with E-state index in [9.17, 15) is 0 Å². The highest BCUT2D eigenvalue weighted by Gasteiger charge is 2.21. The first-order valence-electron chi connectivity index (χ1n) is 11.6. The molecule has 2 fully saturated rings. The van der Waals surface area contributed by atoms with E-state index in [2.05, 4.69) is 41.3 Å². The molecule has 2 heterocycles. The van der Waals surface area contributed by atoms with Gasteiger partial charge in [0.2, 0.25) is 0 Å². The zero-order valence-electron chi connectivity index (χ0n) is 18.5. The third-order valence-corrected chi connectivity index (χ3v) is 5.64. The number of piperidine rings is 1. The van der Waals surface area contributed by atoms with E-state index in [0.717, 1.165) is 89.5 Å². The van der Waals surface area contributed by atoms with E-state index < -0.39 is 0 Å². The number of aliphatic imine (C=N–C) groups is 1. The Morgan fingerprint density at radius 2 is 1.86 bits per heavy atom. The van der Waals surface area contributed by atoms with Crippen molar-refractivity contribution in [2.75, 3.05) is 65.7 Å². The maximum Gasteiger partial charge on any atom is 0.191 e. The summed E-state index contributed by atoms with van der Waals surface area (Å²) in [6.45, 7) is 16.7. The van der Waals surface area contributed by atoms with Crippen LogP contribution < -0.4 is 10.6 Å². The van der Waals surface area contributed by atoms with Gasteiger partial charge in [-0.3, -0.25) is 4.99 Å². The normalized spacial score (nSPS) is 25.0. The van der Waals surface area contributed by atoms with Crippen LogP contribution in [0, 0.1) is 17.8 Å². The molecular formula is C22H44N4O2. The van der Waals surface area contributed by atoms with Crippen molar-refractivity contribution >= 4 is 5.96 Å². The summed E-state index contributed by atoms with van der Waals surface area (Å²) in [7, 11) is 0. The van der Waals surface area contributed by atoms with Crippen LogP contribution in [0.5, 0.6) is 0 Å². The monoisotopic (exact) mass is 396 g/mol. The van der Waals surface area contributed by atoms with Crippen LogP contribution in [-0.4, -0.2) is 76.6 Å². The zero-order valence-corrected chi connectivity index (χ0v) is 18.5. The Hall–Kier alpha value is -0.850. The largest absolute Gasteiger partial charge is 0.381 e. The van der Waals surface area contributed by atoms with E-state index in [-0.39, 0.29) is 0 Å². The van der Waals surface area contributed by atoms with Gasteiger partial charge in [-0.05, 0) is 63.3 Å². The number of hydrogen-bond donors (Lipinski definition) is 2. The Bertz CT molecular complexity index is 417. The van der Waals surface area contributed by atoms with Crippen molar-refractivity contribution in [2.24, 2.45) is 22.7 Å². The summed E-state index contributed by atoms with van der Waals surface area (Å²) in [5.74, 6) is 3.29. The Morgan fingerprint density at radius 1 is 1.11 bits per heavy atom. The van der Waals surface area contributed by atoms with Crippen molar-refractivity contribution in [1.82, 2.24) is 15.5 Å². The second kappa shape index (κ2) is 14.2. The van der Waals surface area contributed by atoms with Crippen molar-refractivity contribution in [1.29, 1.82) is 0 Å². The highest BCUT2D eigenvalue weighted by molar-refractivity contribution is 5.79. The van der Waals surface area contributed by atoms with Crippen LogP contribution >= 0.6 is 0 Å². The maximum absolute atomic E-state index is 5.83. The number of nitrogens with one attached hydrogen (secondary N) is 2. The number of nitrogens with zero attached hydrogens (tertiary/aromatic N) is 2. The third-order valence-electron chi connectivity index (χ3n) is 5.64. The molecule has 0 bridgehead atoms. The molecule has 0 aromatic heterocycles. The lowest BCUT2D eigenvalue weighted by Crippen LogP contribution is -2.41. The number of rotatable bonds is 11. The van der Waals surface area contributed by atoms with Gasteiger partial charge in [0.05, 0.1) is 0 Å². The smallest absolute Gasteiger partial charge is 0.191 e. The van der Waals surface area contributed by atoms with Gasteiger partial charge in [0.25, 0.3) is 0 Å². The van der Waals surface area contributed by atoms with E-state index >= 15 is 0 Å².